The lowest BCUT2D eigenvalue weighted by atomic mass is 9.93. The van der Waals surface area contributed by atoms with E-state index in [1.165, 1.54) is 12.1 Å². The number of carbonyl (C=O) groups is 1. The Hall–Kier alpha value is -2.18. The van der Waals surface area contributed by atoms with E-state index in [-0.39, 0.29) is 28.4 Å². The first-order valence-electron chi connectivity index (χ1n) is 9.80. The van der Waals surface area contributed by atoms with Gasteiger partial charge in [-0.1, -0.05) is 47.6 Å². The normalized spacial score (nSPS) is 12.1. The summed E-state index contributed by atoms with van der Waals surface area (Å²) in [5, 5.41) is 0. The first kappa shape index (κ1) is 23.1. The van der Waals surface area contributed by atoms with E-state index in [9.17, 15) is 17.8 Å². The molecule has 2 aromatic carbocycles. The second-order valence-corrected chi connectivity index (χ2v) is 9.76. The molecule has 0 radical (unpaired) electrons. The number of aryl methyl sites for hydroxylation is 1. The maximum atomic E-state index is 12.9. The highest BCUT2D eigenvalue weighted by atomic mass is 32.2. The molecule has 0 heterocycles. The van der Waals surface area contributed by atoms with Crippen LogP contribution in [0.2, 0.25) is 0 Å². The van der Waals surface area contributed by atoms with Gasteiger partial charge >= 0.3 is 5.97 Å². The Balaban J connectivity index is 2.49. The summed E-state index contributed by atoms with van der Waals surface area (Å²) in [7, 11) is -4.37. The van der Waals surface area contributed by atoms with Gasteiger partial charge in [-0.3, -0.25) is 4.55 Å². The molecule has 0 unspecified atom stereocenters. The van der Waals surface area contributed by atoms with Gasteiger partial charge in [0.05, 0.1) is 10.5 Å². The monoisotopic (exact) mass is 418 g/mol. The predicted octanol–water partition coefficient (Wildman–Crippen LogP) is 5.83. The summed E-state index contributed by atoms with van der Waals surface area (Å²) in [4.78, 5) is 12.7. The zero-order valence-electron chi connectivity index (χ0n) is 18.1. The molecule has 2 rings (SSSR count). The van der Waals surface area contributed by atoms with Gasteiger partial charge in [0.15, 0.2) is 0 Å². The third kappa shape index (κ3) is 5.46. The van der Waals surface area contributed by atoms with Crippen molar-refractivity contribution in [3.63, 3.8) is 0 Å². The molecule has 29 heavy (non-hydrogen) atoms. The minimum atomic E-state index is -4.37. The van der Waals surface area contributed by atoms with Crippen molar-refractivity contribution in [3.8, 4) is 5.75 Å². The van der Waals surface area contributed by atoms with Gasteiger partial charge in [-0.05, 0) is 71.2 Å². The van der Waals surface area contributed by atoms with Crippen molar-refractivity contribution in [2.45, 2.75) is 71.1 Å². The number of ether oxygens (including phenoxy) is 1. The SMILES string of the molecule is Cc1cc(S(=O)(=O)O)c(C(C)C)cc1OC(=O)c1cc(C(C)C)cc(C(C)C)c1. The zero-order chi connectivity index (χ0) is 22.1. The van der Waals surface area contributed by atoms with Crippen molar-refractivity contribution in [1.82, 2.24) is 0 Å². The highest BCUT2D eigenvalue weighted by Crippen LogP contribution is 2.32. The van der Waals surface area contributed by atoms with Gasteiger partial charge in [-0.25, -0.2) is 4.79 Å². The second kappa shape index (κ2) is 8.67. The van der Waals surface area contributed by atoms with Crippen LogP contribution in [0.1, 0.15) is 91.9 Å². The van der Waals surface area contributed by atoms with Gasteiger partial charge < -0.3 is 4.74 Å². The van der Waals surface area contributed by atoms with Gasteiger partial charge in [0.2, 0.25) is 0 Å². The Labute approximate surface area is 173 Å². The second-order valence-electron chi connectivity index (χ2n) is 8.37. The van der Waals surface area contributed by atoms with Crippen molar-refractivity contribution in [1.29, 1.82) is 0 Å². The molecule has 6 heteroatoms. The van der Waals surface area contributed by atoms with Gasteiger partial charge in [-0.2, -0.15) is 8.42 Å². The molecule has 0 saturated carbocycles. The summed E-state index contributed by atoms with van der Waals surface area (Å²) in [6, 6.07) is 8.65. The van der Waals surface area contributed by atoms with E-state index < -0.39 is 16.1 Å². The van der Waals surface area contributed by atoms with Crippen LogP contribution in [0.15, 0.2) is 35.2 Å². The first-order chi connectivity index (χ1) is 13.3. The van der Waals surface area contributed by atoms with E-state index in [1.807, 2.05) is 26.0 Å². The lowest BCUT2D eigenvalue weighted by molar-refractivity contribution is 0.0733. The predicted molar refractivity (Wildman–Crippen MR) is 115 cm³/mol. The molecule has 0 bridgehead atoms. The zero-order valence-corrected chi connectivity index (χ0v) is 18.9. The fraction of sp³-hybridized carbons (Fsp3) is 0.435. The topological polar surface area (TPSA) is 80.7 Å². The van der Waals surface area contributed by atoms with Crippen LogP contribution < -0.4 is 4.74 Å². The quantitative estimate of drug-likeness (QED) is 0.362. The van der Waals surface area contributed by atoms with Gasteiger partial charge in [0, 0.05) is 0 Å². The lowest BCUT2D eigenvalue weighted by Crippen LogP contribution is -2.13. The molecule has 0 aliphatic heterocycles. The van der Waals surface area contributed by atoms with E-state index in [2.05, 4.69) is 33.8 Å². The number of hydrogen-bond donors (Lipinski definition) is 1. The van der Waals surface area contributed by atoms with Crippen LogP contribution in [-0.2, 0) is 10.1 Å². The summed E-state index contributed by atoms with van der Waals surface area (Å²) in [6.45, 7) is 13.6. The largest absolute Gasteiger partial charge is 0.423 e. The molecule has 0 aliphatic carbocycles. The van der Waals surface area contributed by atoms with Crippen LogP contribution in [0.4, 0.5) is 0 Å². The van der Waals surface area contributed by atoms with Crippen LogP contribution in [0, 0.1) is 6.92 Å². The average Bonchev–Trinajstić information content (AvgIpc) is 2.61. The third-order valence-corrected chi connectivity index (χ3v) is 5.87. The minimum Gasteiger partial charge on any atom is -0.423 e. The molecule has 1 N–H and O–H groups in total. The summed E-state index contributed by atoms with van der Waals surface area (Å²) in [5.41, 5.74) is 3.44. The molecular weight excluding hydrogens is 388 g/mol. The highest BCUT2D eigenvalue weighted by molar-refractivity contribution is 7.85. The van der Waals surface area contributed by atoms with E-state index in [4.69, 9.17) is 4.74 Å². The Morgan fingerprint density at radius 1 is 0.862 bits per heavy atom. The van der Waals surface area contributed by atoms with E-state index in [0.717, 1.165) is 11.1 Å². The van der Waals surface area contributed by atoms with Crippen LogP contribution >= 0.6 is 0 Å². The number of hydrogen-bond acceptors (Lipinski definition) is 4. The van der Waals surface area contributed by atoms with Crippen molar-refractivity contribution in [3.05, 3.63) is 58.1 Å². The van der Waals surface area contributed by atoms with E-state index in [1.54, 1.807) is 6.92 Å². The van der Waals surface area contributed by atoms with Gasteiger partial charge in [0.25, 0.3) is 10.1 Å². The van der Waals surface area contributed by atoms with Crippen LogP contribution in [-0.4, -0.2) is 18.9 Å². The molecule has 0 fully saturated rings. The van der Waals surface area contributed by atoms with Crippen molar-refractivity contribution in [2.24, 2.45) is 0 Å². The standard InChI is InChI=1S/C23H30O5S/c1-13(2)17-9-18(14(3)4)11-19(10-17)23(24)28-21-12-20(15(5)6)22(8-16(21)7)29(25,26)27/h8-15H,1-7H3,(H,25,26,27). The smallest absolute Gasteiger partial charge is 0.343 e. The fourth-order valence-corrected chi connectivity index (χ4v) is 4.00. The Kier molecular flexibility index (Phi) is 6.91. The molecule has 0 amide bonds. The molecule has 158 valence electrons. The number of benzene rings is 2. The van der Waals surface area contributed by atoms with Crippen molar-refractivity contribution in [2.75, 3.05) is 0 Å². The lowest BCUT2D eigenvalue weighted by Gasteiger charge is -2.17. The van der Waals surface area contributed by atoms with E-state index in [0.29, 0.717) is 16.7 Å². The van der Waals surface area contributed by atoms with Crippen LogP contribution in [0.25, 0.3) is 0 Å². The Morgan fingerprint density at radius 3 is 1.79 bits per heavy atom. The third-order valence-electron chi connectivity index (χ3n) is 4.96. The maximum absolute atomic E-state index is 12.9. The number of carbonyl (C=O) groups excluding carboxylic acids is 1. The molecule has 0 aromatic heterocycles. The maximum Gasteiger partial charge on any atom is 0.343 e. The van der Waals surface area contributed by atoms with Crippen LogP contribution in [0.3, 0.4) is 0 Å². The molecule has 0 saturated heterocycles. The summed E-state index contributed by atoms with van der Waals surface area (Å²) in [5.74, 6) is 0.146. The van der Waals surface area contributed by atoms with Crippen LogP contribution in [0.5, 0.6) is 5.75 Å². The molecular formula is C23H30O5S. The summed E-state index contributed by atoms with van der Waals surface area (Å²) >= 11 is 0. The Morgan fingerprint density at radius 2 is 1.38 bits per heavy atom. The molecule has 0 atom stereocenters. The number of rotatable bonds is 6. The minimum absolute atomic E-state index is 0.159. The average molecular weight is 419 g/mol. The molecule has 5 nitrogen and oxygen atoms in total. The molecule has 2 aromatic rings. The Bertz CT molecular complexity index is 992. The van der Waals surface area contributed by atoms with Crippen molar-refractivity contribution >= 4 is 16.1 Å². The number of esters is 1. The highest BCUT2D eigenvalue weighted by Gasteiger charge is 2.22. The van der Waals surface area contributed by atoms with Crippen molar-refractivity contribution < 1.29 is 22.5 Å². The molecule has 0 spiro atoms. The van der Waals surface area contributed by atoms with Gasteiger partial charge in [0.1, 0.15) is 5.75 Å². The fourth-order valence-electron chi connectivity index (χ4n) is 3.08. The summed E-state index contributed by atoms with van der Waals surface area (Å²) < 4.78 is 38.6. The van der Waals surface area contributed by atoms with Gasteiger partial charge in [-0.15, -0.1) is 0 Å². The molecule has 0 aliphatic rings. The summed E-state index contributed by atoms with van der Waals surface area (Å²) in [6.07, 6.45) is 0. The van der Waals surface area contributed by atoms with E-state index >= 15 is 0 Å². The first-order valence-corrected chi connectivity index (χ1v) is 11.2.